The molecule has 150 valence electrons. The fraction of sp³-hybridized carbons (Fsp3) is 0.600. The van der Waals surface area contributed by atoms with Crippen LogP contribution in [0.25, 0.3) is 5.78 Å². The fourth-order valence-corrected chi connectivity index (χ4v) is 4.26. The van der Waals surface area contributed by atoms with Gasteiger partial charge in [0.1, 0.15) is 5.69 Å². The smallest absolute Gasteiger partial charge is 0.317 e. The number of nitrogens with zero attached hydrogens (tertiary/aromatic N) is 4. The topological polar surface area (TPSA) is 91.6 Å². The van der Waals surface area contributed by atoms with Crippen molar-refractivity contribution in [1.29, 1.82) is 0 Å². The average Bonchev–Trinajstić information content (AvgIpc) is 3.05. The van der Waals surface area contributed by atoms with Gasteiger partial charge in [-0.15, -0.1) is 0 Å². The molecule has 2 aliphatic rings. The predicted octanol–water partition coefficient (Wildman–Crippen LogP) is 2.27. The van der Waals surface area contributed by atoms with Crippen molar-refractivity contribution in [3.8, 4) is 0 Å². The molecule has 0 spiro atoms. The minimum atomic E-state index is -0.136. The molecule has 2 aromatic heterocycles. The Morgan fingerprint density at radius 2 is 1.75 bits per heavy atom. The molecule has 1 aliphatic carbocycles. The second-order valence-electron chi connectivity index (χ2n) is 7.85. The molecule has 0 aromatic carbocycles. The Bertz CT molecular complexity index is 849. The third-order valence-corrected chi connectivity index (χ3v) is 5.84. The molecule has 8 heteroatoms. The van der Waals surface area contributed by atoms with Crippen LogP contribution in [0.3, 0.4) is 0 Å². The summed E-state index contributed by atoms with van der Waals surface area (Å²) in [5.74, 6) is 0.391. The van der Waals surface area contributed by atoms with Crippen molar-refractivity contribution < 1.29 is 9.59 Å². The number of aryl methyl sites for hydroxylation is 1. The number of hydrogen-bond donors (Lipinski definition) is 2. The van der Waals surface area contributed by atoms with Crippen LogP contribution in [-0.2, 0) is 0 Å². The highest BCUT2D eigenvalue weighted by Gasteiger charge is 2.27. The van der Waals surface area contributed by atoms with Gasteiger partial charge in [0.2, 0.25) is 5.78 Å². The molecule has 2 aromatic rings. The zero-order valence-corrected chi connectivity index (χ0v) is 16.4. The van der Waals surface area contributed by atoms with Crippen LogP contribution in [0, 0.1) is 6.92 Å². The summed E-state index contributed by atoms with van der Waals surface area (Å²) in [6.45, 7) is 3.15. The molecule has 4 rings (SSSR count). The number of aromatic nitrogens is 3. The molecule has 8 nitrogen and oxygen atoms in total. The van der Waals surface area contributed by atoms with E-state index < -0.39 is 0 Å². The predicted molar refractivity (Wildman–Crippen MR) is 105 cm³/mol. The second kappa shape index (κ2) is 8.16. The van der Waals surface area contributed by atoms with Crippen LogP contribution < -0.4 is 10.6 Å². The van der Waals surface area contributed by atoms with Gasteiger partial charge in [-0.1, -0.05) is 19.3 Å². The minimum Gasteiger partial charge on any atom is -0.348 e. The highest BCUT2D eigenvalue weighted by atomic mass is 16.2. The maximum absolute atomic E-state index is 12.8. The summed E-state index contributed by atoms with van der Waals surface area (Å²) in [7, 11) is 0. The highest BCUT2D eigenvalue weighted by molar-refractivity contribution is 5.94. The van der Waals surface area contributed by atoms with Crippen molar-refractivity contribution in [2.75, 3.05) is 13.1 Å². The second-order valence-corrected chi connectivity index (χ2v) is 7.85. The SMILES string of the molecule is Cc1nc2ncccn2c1C(=O)NC1CCN(C(=O)NC2CCCCC2)CC1. The number of nitrogens with one attached hydrogen (secondary N) is 2. The van der Waals surface area contributed by atoms with Crippen molar-refractivity contribution in [2.45, 2.75) is 64.0 Å². The normalized spacial score (nSPS) is 19.0. The Kier molecular flexibility index (Phi) is 5.45. The van der Waals surface area contributed by atoms with Crippen molar-refractivity contribution >= 4 is 17.7 Å². The molecule has 0 radical (unpaired) electrons. The molecule has 0 bridgehead atoms. The molecule has 2 fully saturated rings. The van der Waals surface area contributed by atoms with E-state index in [9.17, 15) is 9.59 Å². The first kappa shape index (κ1) is 18.7. The lowest BCUT2D eigenvalue weighted by molar-refractivity contribution is 0.0910. The Hall–Kier alpha value is -2.64. The lowest BCUT2D eigenvalue weighted by Gasteiger charge is -2.34. The molecule has 0 atom stereocenters. The van der Waals surface area contributed by atoms with E-state index in [1.54, 1.807) is 22.9 Å². The van der Waals surface area contributed by atoms with Gasteiger partial charge < -0.3 is 15.5 Å². The standard InChI is InChI=1S/C20H28N6O2/c1-14-17(26-11-5-10-21-19(26)22-14)18(27)23-16-8-12-25(13-9-16)20(28)24-15-6-3-2-4-7-15/h5,10-11,15-16H,2-4,6-9,12-13H2,1H3,(H,23,27)(H,24,28). The number of hydrogen-bond acceptors (Lipinski definition) is 4. The molecule has 3 heterocycles. The van der Waals surface area contributed by atoms with E-state index >= 15 is 0 Å². The van der Waals surface area contributed by atoms with Crippen LogP contribution in [0.5, 0.6) is 0 Å². The molecule has 0 unspecified atom stereocenters. The van der Waals surface area contributed by atoms with Crippen LogP contribution in [0.2, 0.25) is 0 Å². The quantitative estimate of drug-likeness (QED) is 0.849. The zero-order valence-electron chi connectivity index (χ0n) is 16.4. The van der Waals surface area contributed by atoms with E-state index in [1.807, 2.05) is 11.8 Å². The summed E-state index contributed by atoms with van der Waals surface area (Å²) in [5.41, 5.74) is 1.20. The summed E-state index contributed by atoms with van der Waals surface area (Å²) in [6, 6.07) is 2.22. The van der Waals surface area contributed by atoms with E-state index in [0.717, 1.165) is 25.7 Å². The van der Waals surface area contributed by atoms with Gasteiger partial charge in [-0.2, -0.15) is 0 Å². The number of urea groups is 1. The molecule has 28 heavy (non-hydrogen) atoms. The highest BCUT2D eigenvalue weighted by Crippen LogP contribution is 2.19. The van der Waals surface area contributed by atoms with E-state index in [4.69, 9.17) is 0 Å². The monoisotopic (exact) mass is 384 g/mol. The summed E-state index contributed by atoms with van der Waals surface area (Å²) in [6.07, 6.45) is 10.9. The van der Waals surface area contributed by atoms with Gasteiger partial charge in [-0.25, -0.2) is 14.8 Å². The number of fused-ring (bicyclic) bond motifs is 1. The number of likely N-dealkylation sites (tertiary alicyclic amines) is 1. The number of amides is 3. The van der Waals surface area contributed by atoms with Crippen molar-refractivity contribution in [3.63, 3.8) is 0 Å². The largest absolute Gasteiger partial charge is 0.348 e. The molecule has 1 aliphatic heterocycles. The van der Waals surface area contributed by atoms with Crippen molar-refractivity contribution in [3.05, 3.63) is 29.8 Å². The number of carbonyl (C=O) groups is 2. The fourth-order valence-electron chi connectivity index (χ4n) is 4.26. The lowest BCUT2D eigenvalue weighted by Crippen LogP contribution is -2.51. The van der Waals surface area contributed by atoms with Gasteiger partial charge in [0, 0.05) is 37.6 Å². The molecule has 1 saturated carbocycles. The maximum Gasteiger partial charge on any atom is 0.317 e. The number of imidazole rings is 1. The maximum atomic E-state index is 12.8. The number of piperidine rings is 1. The van der Waals surface area contributed by atoms with E-state index in [0.29, 0.717) is 36.3 Å². The van der Waals surface area contributed by atoms with E-state index in [1.165, 1.54) is 19.3 Å². The van der Waals surface area contributed by atoms with Crippen molar-refractivity contribution in [1.82, 2.24) is 29.9 Å². The van der Waals surface area contributed by atoms with Gasteiger partial charge in [0.25, 0.3) is 5.91 Å². The first-order chi connectivity index (χ1) is 13.6. The Balaban J connectivity index is 1.31. The average molecular weight is 384 g/mol. The van der Waals surface area contributed by atoms with Crippen LogP contribution in [0.1, 0.15) is 61.1 Å². The summed E-state index contributed by atoms with van der Waals surface area (Å²) >= 11 is 0. The minimum absolute atomic E-state index is 0.0420. The third kappa shape index (κ3) is 3.95. The molecular weight excluding hydrogens is 356 g/mol. The molecule has 2 N–H and O–H groups in total. The number of carbonyl (C=O) groups excluding carboxylic acids is 2. The summed E-state index contributed by atoms with van der Waals surface area (Å²) < 4.78 is 1.72. The van der Waals surface area contributed by atoms with Crippen molar-refractivity contribution in [2.24, 2.45) is 0 Å². The van der Waals surface area contributed by atoms with Crippen LogP contribution in [0.4, 0.5) is 4.79 Å². The Morgan fingerprint density at radius 1 is 1.04 bits per heavy atom. The van der Waals surface area contributed by atoms with E-state index in [-0.39, 0.29) is 18.0 Å². The third-order valence-electron chi connectivity index (χ3n) is 5.84. The van der Waals surface area contributed by atoms with E-state index in [2.05, 4.69) is 20.6 Å². The summed E-state index contributed by atoms with van der Waals surface area (Å²) in [5, 5.41) is 6.28. The van der Waals surface area contributed by atoms with Gasteiger partial charge in [0.15, 0.2) is 0 Å². The first-order valence-electron chi connectivity index (χ1n) is 10.3. The lowest BCUT2D eigenvalue weighted by atomic mass is 9.95. The Labute approximate surface area is 164 Å². The van der Waals surface area contributed by atoms with Crippen LogP contribution in [0.15, 0.2) is 18.5 Å². The van der Waals surface area contributed by atoms with Gasteiger partial charge in [-0.3, -0.25) is 9.20 Å². The summed E-state index contributed by atoms with van der Waals surface area (Å²) in [4.78, 5) is 35.7. The molecule has 3 amide bonds. The van der Waals surface area contributed by atoms with Crippen LogP contribution >= 0.6 is 0 Å². The first-order valence-corrected chi connectivity index (χ1v) is 10.3. The molecular formula is C20H28N6O2. The Morgan fingerprint density at radius 3 is 2.50 bits per heavy atom. The zero-order chi connectivity index (χ0) is 19.5. The van der Waals surface area contributed by atoms with Gasteiger partial charge in [0.05, 0.1) is 5.69 Å². The van der Waals surface area contributed by atoms with Gasteiger partial charge in [-0.05, 0) is 38.7 Å². The van der Waals surface area contributed by atoms with Crippen LogP contribution in [-0.4, -0.2) is 56.4 Å². The van der Waals surface area contributed by atoms with Gasteiger partial charge >= 0.3 is 6.03 Å². The number of rotatable bonds is 3. The molecule has 1 saturated heterocycles.